The summed E-state index contributed by atoms with van der Waals surface area (Å²) in [4.78, 5) is 0. The summed E-state index contributed by atoms with van der Waals surface area (Å²) in [5.41, 5.74) is 2.06. The number of allylic oxidation sites excluding steroid dienone is 1. The Labute approximate surface area is 96.2 Å². The highest BCUT2D eigenvalue weighted by atomic mass is 14.5. The molecule has 1 saturated carbocycles. The summed E-state index contributed by atoms with van der Waals surface area (Å²) < 4.78 is 0. The Bertz CT molecular complexity index is 228. The van der Waals surface area contributed by atoms with Gasteiger partial charge in [-0.05, 0) is 36.0 Å². The molecule has 4 unspecified atom stereocenters. The average molecular weight is 208 g/mol. The largest absolute Gasteiger partial charge is 0.0993 e. The van der Waals surface area contributed by atoms with Gasteiger partial charge in [-0.2, -0.15) is 0 Å². The molecule has 0 spiro atoms. The Morgan fingerprint density at radius 3 is 2.47 bits per heavy atom. The molecule has 0 saturated heterocycles. The molecular weight excluding hydrogens is 180 g/mol. The Hall–Kier alpha value is -0.260. The van der Waals surface area contributed by atoms with E-state index in [2.05, 4.69) is 41.2 Å². The quantitative estimate of drug-likeness (QED) is 0.555. The second-order valence-corrected chi connectivity index (χ2v) is 5.84. The highest BCUT2D eigenvalue weighted by Crippen LogP contribution is 2.58. The van der Waals surface area contributed by atoms with Crippen LogP contribution in [0, 0.1) is 23.2 Å². The van der Waals surface area contributed by atoms with Crippen molar-refractivity contribution in [1.29, 1.82) is 0 Å². The Kier molecular flexibility index (Phi) is 4.03. The molecule has 15 heavy (non-hydrogen) atoms. The molecule has 88 valence electrons. The maximum atomic E-state index is 4.28. The van der Waals surface area contributed by atoms with Crippen molar-refractivity contribution < 1.29 is 0 Å². The second kappa shape index (κ2) is 4.72. The number of rotatable bonds is 5. The molecule has 0 aliphatic heterocycles. The molecule has 0 radical (unpaired) electrons. The molecule has 0 aromatic heterocycles. The van der Waals surface area contributed by atoms with Gasteiger partial charge >= 0.3 is 0 Å². The van der Waals surface area contributed by atoms with E-state index in [1.807, 2.05) is 0 Å². The van der Waals surface area contributed by atoms with E-state index in [1.54, 1.807) is 0 Å². The summed E-state index contributed by atoms with van der Waals surface area (Å²) in [6.45, 7) is 16.1. The fraction of sp³-hybridized carbons (Fsp3) is 0.867. The number of hydrogen-bond donors (Lipinski definition) is 0. The first-order chi connectivity index (χ1) is 6.97. The molecule has 0 aromatic rings. The molecule has 1 fully saturated rings. The average Bonchev–Trinajstić information content (AvgIpc) is 2.24. The van der Waals surface area contributed by atoms with Gasteiger partial charge in [0.25, 0.3) is 0 Å². The fourth-order valence-electron chi connectivity index (χ4n) is 3.34. The summed E-state index contributed by atoms with van der Waals surface area (Å²) in [7, 11) is 0. The first-order valence-corrected chi connectivity index (χ1v) is 6.66. The molecule has 4 atom stereocenters. The molecule has 0 aromatic carbocycles. The van der Waals surface area contributed by atoms with Crippen LogP contribution >= 0.6 is 0 Å². The molecular formula is C15H28. The van der Waals surface area contributed by atoms with Crippen LogP contribution in [-0.2, 0) is 0 Å². The van der Waals surface area contributed by atoms with Gasteiger partial charge in [-0.3, -0.25) is 0 Å². The predicted molar refractivity (Wildman–Crippen MR) is 68.9 cm³/mol. The van der Waals surface area contributed by atoms with Gasteiger partial charge in [0.15, 0.2) is 0 Å². The van der Waals surface area contributed by atoms with E-state index >= 15 is 0 Å². The van der Waals surface area contributed by atoms with Crippen molar-refractivity contribution in [3.8, 4) is 0 Å². The third-order valence-corrected chi connectivity index (χ3v) is 4.97. The summed E-state index contributed by atoms with van der Waals surface area (Å²) in [5.74, 6) is 2.40. The minimum atomic E-state index is 0.541. The van der Waals surface area contributed by atoms with E-state index in [9.17, 15) is 0 Å². The van der Waals surface area contributed by atoms with Crippen molar-refractivity contribution in [2.45, 2.75) is 60.3 Å². The highest BCUT2D eigenvalue weighted by molar-refractivity contribution is 5.24. The zero-order valence-corrected chi connectivity index (χ0v) is 11.3. The zero-order chi connectivity index (χ0) is 11.6. The molecule has 0 bridgehead atoms. The first-order valence-electron chi connectivity index (χ1n) is 6.66. The second-order valence-electron chi connectivity index (χ2n) is 5.84. The van der Waals surface area contributed by atoms with Gasteiger partial charge in [0.2, 0.25) is 0 Å². The van der Waals surface area contributed by atoms with Crippen molar-refractivity contribution in [2.75, 3.05) is 0 Å². The minimum Gasteiger partial charge on any atom is -0.0993 e. The van der Waals surface area contributed by atoms with Gasteiger partial charge in [0, 0.05) is 0 Å². The van der Waals surface area contributed by atoms with Crippen LogP contribution in [0.2, 0.25) is 0 Å². The summed E-state index contributed by atoms with van der Waals surface area (Å²) >= 11 is 0. The molecule has 0 heteroatoms. The van der Waals surface area contributed by atoms with Crippen LogP contribution in [0.3, 0.4) is 0 Å². The normalized spacial score (nSPS) is 37.5. The monoisotopic (exact) mass is 208 g/mol. The van der Waals surface area contributed by atoms with E-state index in [0.717, 1.165) is 17.8 Å². The summed E-state index contributed by atoms with van der Waals surface area (Å²) in [5, 5.41) is 0. The molecule has 0 N–H and O–H groups in total. The predicted octanol–water partition coefficient (Wildman–Crippen LogP) is 5.05. The van der Waals surface area contributed by atoms with Crippen molar-refractivity contribution in [2.24, 2.45) is 23.2 Å². The van der Waals surface area contributed by atoms with Crippen LogP contribution in [0.15, 0.2) is 12.2 Å². The number of hydrogen-bond acceptors (Lipinski definition) is 0. The smallest absolute Gasteiger partial charge is 0.0141 e. The molecule has 0 nitrogen and oxygen atoms in total. The minimum absolute atomic E-state index is 0.541. The standard InChI is InChI=1S/C15H28/c1-7-9-11(3)10-14-12(4)13(5)15(14,6)8-2/h11,13-14H,4,7-10H2,1-3,5-6H3. The summed E-state index contributed by atoms with van der Waals surface area (Å²) in [6, 6.07) is 0. The van der Waals surface area contributed by atoms with Gasteiger partial charge < -0.3 is 0 Å². The Balaban J connectivity index is 2.58. The van der Waals surface area contributed by atoms with Crippen LogP contribution in [-0.4, -0.2) is 0 Å². The topological polar surface area (TPSA) is 0 Å². The lowest BCUT2D eigenvalue weighted by molar-refractivity contribution is 0.0322. The SMILES string of the molecule is C=C1C(C)C(C)(CC)C1CC(C)CCC. The van der Waals surface area contributed by atoms with Crippen LogP contribution in [0.25, 0.3) is 0 Å². The molecule has 0 amide bonds. The van der Waals surface area contributed by atoms with E-state index in [0.29, 0.717) is 5.41 Å². The van der Waals surface area contributed by atoms with Crippen molar-refractivity contribution in [3.05, 3.63) is 12.2 Å². The Morgan fingerprint density at radius 1 is 1.40 bits per heavy atom. The highest BCUT2D eigenvalue weighted by Gasteiger charge is 2.50. The van der Waals surface area contributed by atoms with Crippen molar-refractivity contribution >= 4 is 0 Å². The van der Waals surface area contributed by atoms with Gasteiger partial charge in [-0.1, -0.05) is 59.6 Å². The van der Waals surface area contributed by atoms with Crippen LogP contribution in [0.5, 0.6) is 0 Å². The van der Waals surface area contributed by atoms with Gasteiger partial charge in [0.05, 0.1) is 0 Å². The third kappa shape index (κ3) is 2.14. The van der Waals surface area contributed by atoms with Gasteiger partial charge in [0.1, 0.15) is 0 Å². The molecule has 0 heterocycles. The molecule has 1 aliphatic rings. The third-order valence-electron chi connectivity index (χ3n) is 4.97. The first kappa shape index (κ1) is 12.8. The lowest BCUT2D eigenvalue weighted by Crippen LogP contribution is -2.47. The Morgan fingerprint density at radius 2 is 2.00 bits per heavy atom. The van der Waals surface area contributed by atoms with E-state index in [4.69, 9.17) is 0 Å². The van der Waals surface area contributed by atoms with Crippen LogP contribution in [0.4, 0.5) is 0 Å². The van der Waals surface area contributed by atoms with Gasteiger partial charge in [-0.25, -0.2) is 0 Å². The lowest BCUT2D eigenvalue weighted by Gasteiger charge is -2.56. The van der Waals surface area contributed by atoms with Gasteiger partial charge in [-0.15, -0.1) is 0 Å². The van der Waals surface area contributed by atoms with Crippen LogP contribution < -0.4 is 0 Å². The maximum Gasteiger partial charge on any atom is -0.0141 e. The molecule has 1 rings (SSSR count). The van der Waals surface area contributed by atoms with Crippen molar-refractivity contribution in [1.82, 2.24) is 0 Å². The van der Waals surface area contributed by atoms with E-state index in [1.165, 1.54) is 31.3 Å². The van der Waals surface area contributed by atoms with E-state index < -0.39 is 0 Å². The van der Waals surface area contributed by atoms with Crippen LogP contribution in [0.1, 0.15) is 60.3 Å². The zero-order valence-electron chi connectivity index (χ0n) is 11.3. The fourth-order valence-corrected chi connectivity index (χ4v) is 3.34. The summed E-state index contributed by atoms with van der Waals surface area (Å²) in [6.07, 6.45) is 5.36. The maximum absolute atomic E-state index is 4.28. The van der Waals surface area contributed by atoms with Crippen molar-refractivity contribution in [3.63, 3.8) is 0 Å². The lowest BCUT2D eigenvalue weighted by atomic mass is 9.49. The van der Waals surface area contributed by atoms with E-state index in [-0.39, 0.29) is 0 Å². The molecule has 1 aliphatic carbocycles.